The number of aromatic nitrogens is 1. The van der Waals surface area contributed by atoms with E-state index in [1.165, 1.54) is 18.5 Å². The number of piperazine rings is 1. The summed E-state index contributed by atoms with van der Waals surface area (Å²) >= 11 is 0. The third-order valence-corrected chi connectivity index (χ3v) is 7.26. The SMILES string of the molecule is Cc1ccccc1[C@@H]1CN(c2cccc(S(C)(=O)=O)c2)CCN1Cc1ccc(C(F)(F)F)nc1. The summed E-state index contributed by atoms with van der Waals surface area (Å²) in [5.41, 5.74) is 2.89. The molecule has 5 nitrogen and oxygen atoms in total. The van der Waals surface area contributed by atoms with Gasteiger partial charge in [0.05, 0.1) is 10.9 Å². The summed E-state index contributed by atoms with van der Waals surface area (Å²) in [6.45, 7) is 4.43. The lowest BCUT2D eigenvalue weighted by atomic mass is 9.97. The van der Waals surface area contributed by atoms with E-state index >= 15 is 0 Å². The van der Waals surface area contributed by atoms with Crippen LogP contribution in [0.3, 0.4) is 0 Å². The molecule has 1 aromatic heterocycles. The highest BCUT2D eigenvalue weighted by Gasteiger charge is 2.33. The molecule has 0 saturated carbocycles. The maximum atomic E-state index is 12.9. The van der Waals surface area contributed by atoms with Crippen LogP contribution in [0.25, 0.3) is 0 Å². The van der Waals surface area contributed by atoms with Gasteiger partial charge < -0.3 is 4.90 Å². The van der Waals surface area contributed by atoms with Gasteiger partial charge in [-0.25, -0.2) is 8.42 Å². The normalized spacial score (nSPS) is 17.7. The number of halogens is 3. The third-order valence-electron chi connectivity index (χ3n) is 6.15. The van der Waals surface area contributed by atoms with Crippen molar-refractivity contribution in [1.29, 1.82) is 0 Å². The van der Waals surface area contributed by atoms with Gasteiger partial charge in [0.15, 0.2) is 9.84 Å². The Morgan fingerprint density at radius 1 is 1.03 bits per heavy atom. The van der Waals surface area contributed by atoms with Gasteiger partial charge in [-0.2, -0.15) is 13.2 Å². The average molecular weight is 490 g/mol. The zero-order valence-electron chi connectivity index (χ0n) is 19.0. The Bertz CT molecular complexity index is 1260. The molecule has 34 heavy (non-hydrogen) atoms. The van der Waals surface area contributed by atoms with Gasteiger partial charge in [-0.3, -0.25) is 9.88 Å². The summed E-state index contributed by atoms with van der Waals surface area (Å²) in [5.74, 6) is 0. The second-order valence-corrected chi connectivity index (χ2v) is 10.6. The van der Waals surface area contributed by atoms with E-state index in [4.69, 9.17) is 0 Å². The summed E-state index contributed by atoms with van der Waals surface area (Å²) in [4.78, 5) is 8.28. The minimum Gasteiger partial charge on any atom is -0.368 e. The highest BCUT2D eigenvalue weighted by atomic mass is 32.2. The van der Waals surface area contributed by atoms with Crippen LogP contribution in [0.4, 0.5) is 18.9 Å². The molecule has 0 aliphatic carbocycles. The number of anilines is 1. The lowest BCUT2D eigenvalue weighted by molar-refractivity contribution is -0.141. The fourth-order valence-corrected chi connectivity index (χ4v) is 4.99. The molecule has 1 atom stereocenters. The van der Waals surface area contributed by atoms with Crippen LogP contribution in [0.1, 0.15) is 28.4 Å². The molecule has 0 bridgehead atoms. The first-order chi connectivity index (χ1) is 16.0. The summed E-state index contributed by atoms with van der Waals surface area (Å²) in [6, 6.07) is 17.4. The lowest BCUT2D eigenvalue weighted by Gasteiger charge is -2.43. The Balaban J connectivity index is 1.62. The van der Waals surface area contributed by atoms with E-state index in [1.807, 2.05) is 31.2 Å². The predicted octanol–water partition coefficient (Wildman–Crippen LogP) is 4.88. The molecule has 3 aromatic rings. The van der Waals surface area contributed by atoms with Crippen LogP contribution in [0.5, 0.6) is 0 Å². The number of alkyl halides is 3. The molecular formula is C25H26F3N3O2S. The quantitative estimate of drug-likeness (QED) is 0.512. The number of aryl methyl sites for hydroxylation is 1. The van der Waals surface area contributed by atoms with Crippen LogP contribution in [0.2, 0.25) is 0 Å². The van der Waals surface area contributed by atoms with Crippen molar-refractivity contribution < 1.29 is 21.6 Å². The minimum atomic E-state index is -4.46. The van der Waals surface area contributed by atoms with Crippen molar-refractivity contribution in [2.45, 2.75) is 30.6 Å². The summed E-state index contributed by atoms with van der Waals surface area (Å²) < 4.78 is 62.8. The number of pyridine rings is 1. The highest BCUT2D eigenvalue weighted by molar-refractivity contribution is 7.90. The zero-order valence-corrected chi connectivity index (χ0v) is 19.8. The van der Waals surface area contributed by atoms with Crippen molar-refractivity contribution in [1.82, 2.24) is 9.88 Å². The van der Waals surface area contributed by atoms with E-state index in [9.17, 15) is 21.6 Å². The largest absolute Gasteiger partial charge is 0.433 e. The van der Waals surface area contributed by atoms with Crippen molar-refractivity contribution in [2.75, 3.05) is 30.8 Å². The molecule has 1 saturated heterocycles. The summed E-state index contributed by atoms with van der Waals surface area (Å²) in [6.07, 6.45) is -1.98. The number of hydrogen-bond acceptors (Lipinski definition) is 5. The Morgan fingerprint density at radius 2 is 1.79 bits per heavy atom. The molecule has 0 N–H and O–H groups in total. The molecular weight excluding hydrogens is 463 g/mol. The molecule has 1 aliphatic rings. The fraction of sp³-hybridized carbons (Fsp3) is 0.320. The van der Waals surface area contributed by atoms with Crippen molar-refractivity contribution >= 4 is 15.5 Å². The Morgan fingerprint density at radius 3 is 2.44 bits per heavy atom. The molecule has 9 heteroatoms. The fourth-order valence-electron chi connectivity index (χ4n) is 4.33. The van der Waals surface area contributed by atoms with E-state index in [0.29, 0.717) is 31.7 Å². The summed E-state index contributed by atoms with van der Waals surface area (Å²) in [7, 11) is -3.33. The van der Waals surface area contributed by atoms with E-state index in [-0.39, 0.29) is 10.9 Å². The van der Waals surface area contributed by atoms with Gasteiger partial charge in [-0.1, -0.05) is 36.4 Å². The lowest BCUT2D eigenvalue weighted by Crippen LogP contribution is -2.48. The third kappa shape index (κ3) is 5.42. The van der Waals surface area contributed by atoms with Gasteiger partial charge in [-0.05, 0) is 47.9 Å². The van der Waals surface area contributed by atoms with Gasteiger partial charge in [0.1, 0.15) is 5.69 Å². The monoisotopic (exact) mass is 489 g/mol. The van der Waals surface area contributed by atoms with Crippen LogP contribution in [-0.2, 0) is 22.6 Å². The number of nitrogens with zero attached hydrogens (tertiary/aromatic N) is 3. The molecule has 0 amide bonds. The second kappa shape index (κ2) is 9.38. The topological polar surface area (TPSA) is 53.5 Å². The smallest absolute Gasteiger partial charge is 0.368 e. The Kier molecular flexibility index (Phi) is 6.69. The van der Waals surface area contributed by atoms with E-state index in [0.717, 1.165) is 22.9 Å². The van der Waals surface area contributed by atoms with Crippen LogP contribution < -0.4 is 4.90 Å². The highest BCUT2D eigenvalue weighted by Crippen LogP contribution is 2.33. The maximum absolute atomic E-state index is 12.9. The van der Waals surface area contributed by atoms with Crippen LogP contribution in [0.15, 0.2) is 71.8 Å². The molecule has 0 spiro atoms. The van der Waals surface area contributed by atoms with Gasteiger partial charge in [-0.15, -0.1) is 0 Å². The molecule has 0 unspecified atom stereocenters. The first-order valence-corrected chi connectivity index (χ1v) is 12.8. The van der Waals surface area contributed by atoms with E-state index in [1.54, 1.807) is 18.2 Å². The number of rotatable bonds is 5. The number of benzene rings is 2. The second-order valence-electron chi connectivity index (χ2n) is 8.61. The predicted molar refractivity (Wildman–Crippen MR) is 125 cm³/mol. The molecule has 2 aromatic carbocycles. The van der Waals surface area contributed by atoms with Crippen LogP contribution in [-0.4, -0.2) is 44.2 Å². The maximum Gasteiger partial charge on any atom is 0.433 e. The van der Waals surface area contributed by atoms with Crippen molar-refractivity contribution in [2.24, 2.45) is 0 Å². The molecule has 180 valence electrons. The Hall–Kier alpha value is -2.91. The minimum absolute atomic E-state index is 0.0286. The first kappa shape index (κ1) is 24.2. The van der Waals surface area contributed by atoms with Crippen molar-refractivity contribution in [3.8, 4) is 0 Å². The van der Waals surface area contributed by atoms with Gasteiger partial charge in [0.2, 0.25) is 0 Å². The standard InChI is InChI=1S/C25H26F3N3O2S/c1-18-6-3-4-9-22(18)23-17-30(20-7-5-8-21(14-20)34(2,32)33)12-13-31(23)16-19-10-11-24(29-15-19)25(26,27)28/h3-11,14-15,23H,12-13,16-17H2,1-2H3/t23-/m0/s1. The van der Waals surface area contributed by atoms with Crippen LogP contribution >= 0.6 is 0 Å². The number of hydrogen-bond donors (Lipinski definition) is 0. The van der Waals surface area contributed by atoms with Crippen LogP contribution in [0, 0.1) is 6.92 Å². The number of sulfone groups is 1. The summed E-state index contributed by atoms with van der Waals surface area (Å²) in [5, 5.41) is 0. The Labute approximate surface area is 197 Å². The molecule has 4 rings (SSSR count). The van der Waals surface area contributed by atoms with E-state index in [2.05, 4.69) is 20.9 Å². The molecule has 2 heterocycles. The van der Waals surface area contributed by atoms with E-state index < -0.39 is 21.7 Å². The van der Waals surface area contributed by atoms with Gasteiger partial charge in [0.25, 0.3) is 0 Å². The van der Waals surface area contributed by atoms with Crippen molar-refractivity contribution in [3.05, 3.63) is 89.2 Å². The molecule has 1 aliphatic heterocycles. The molecule has 1 fully saturated rings. The van der Waals surface area contributed by atoms with Gasteiger partial charge >= 0.3 is 6.18 Å². The van der Waals surface area contributed by atoms with Crippen molar-refractivity contribution in [3.63, 3.8) is 0 Å². The zero-order chi connectivity index (χ0) is 24.5. The van der Waals surface area contributed by atoms with Gasteiger partial charge in [0, 0.05) is 44.3 Å². The molecule has 0 radical (unpaired) electrons. The first-order valence-electron chi connectivity index (χ1n) is 10.9. The average Bonchev–Trinajstić information content (AvgIpc) is 2.79.